The molecule has 0 aliphatic carbocycles. The van der Waals surface area contributed by atoms with Crippen molar-refractivity contribution in [3.05, 3.63) is 42.6 Å². The van der Waals surface area contributed by atoms with E-state index in [-0.39, 0.29) is 10.8 Å². The van der Waals surface area contributed by atoms with Gasteiger partial charge in [-0.15, -0.1) is 0 Å². The first-order valence-corrected chi connectivity index (χ1v) is 11.3. The fourth-order valence-corrected chi connectivity index (χ4v) is 5.07. The highest BCUT2D eigenvalue weighted by atomic mass is 32.2. The first kappa shape index (κ1) is 20.6. The van der Waals surface area contributed by atoms with E-state index in [2.05, 4.69) is 10.3 Å². The summed E-state index contributed by atoms with van der Waals surface area (Å²) in [6, 6.07) is 10.3. The van der Waals surface area contributed by atoms with Crippen LogP contribution in [0.5, 0.6) is 5.75 Å². The van der Waals surface area contributed by atoms with E-state index in [4.69, 9.17) is 4.74 Å². The number of pyridine rings is 1. The third-order valence-electron chi connectivity index (χ3n) is 4.44. The van der Waals surface area contributed by atoms with Gasteiger partial charge in [-0.05, 0) is 56.2 Å². The Kier molecular flexibility index (Phi) is 6.58. The number of ether oxygens (including phenoxy) is 1. The zero-order valence-electron chi connectivity index (χ0n) is 15.8. The Balaban J connectivity index is 1.60. The van der Waals surface area contributed by atoms with Crippen molar-refractivity contribution in [2.45, 2.75) is 34.9 Å². The number of carbonyl (C=O) groups excluding carboxylic acids is 1. The first-order valence-electron chi connectivity index (χ1n) is 8.98. The number of rotatable bonds is 7. The van der Waals surface area contributed by atoms with Crippen LogP contribution < -0.4 is 10.1 Å². The van der Waals surface area contributed by atoms with Crippen LogP contribution in [0.2, 0.25) is 0 Å². The summed E-state index contributed by atoms with van der Waals surface area (Å²) in [5.74, 6) is 0.555. The molecule has 0 spiro atoms. The maximum absolute atomic E-state index is 12.5. The molecule has 1 aliphatic rings. The molecule has 1 aromatic heterocycles. The largest absolute Gasteiger partial charge is 0.497 e. The van der Waals surface area contributed by atoms with Gasteiger partial charge >= 0.3 is 0 Å². The predicted molar refractivity (Wildman–Crippen MR) is 109 cm³/mol. The molecule has 1 N–H and O–H groups in total. The lowest BCUT2D eigenvalue weighted by Crippen LogP contribution is -2.28. The summed E-state index contributed by atoms with van der Waals surface area (Å²) in [5, 5.41) is 3.04. The van der Waals surface area contributed by atoms with E-state index < -0.39 is 15.3 Å². The number of nitrogens with zero attached hydrogens (tertiary/aromatic N) is 2. The molecular formula is C19H23N3O4S2. The number of carbonyl (C=O) groups is 1. The molecule has 0 radical (unpaired) electrons. The second-order valence-corrected chi connectivity index (χ2v) is 9.72. The molecule has 1 saturated heterocycles. The Morgan fingerprint density at radius 1 is 1.18 bits per heavy atom. The fourth-order valence-electron chi connectivity index (χ4n) is 2.82. The predicted octanol–water partition coefficient (Wildman–Crippen LogP) is 2.99. The number of methoxy groups -OCH3 is 1. The number of thioether (sulfide) groups is 1. The van der Waals surface area contributed by atoms with Crippen LogP contribution in [0.1, 0.15) is 19.8 Å². The summed E-state index contributed by atoms with van der Waals surface area (Å²) < 4.78 is 31.6. The van der Waals surface area contributed by atoms with Gasteiger partial charge in [0, 0.05) is 25.0 Å². The summed E-state index contributed by atoms with van der Waals surface area (Å²) in [6.07, 6.45) is 3.15. The topological polar surface area (TPSA) is 88.6 Å². The number of nitrogens with one attached hydrogen (secondary N) is 1. The van der Waals surface area contributed by atoms with E-state index in [0.717, 1.165) is 12.8 Å². The van der Waals surface area contributed by atoms with Crippen molar-refractivity contribution in [1.29, 1.82) is 0 Å². The zero-order valence-corrected chi connectivity index (χ0v) is 17.4. The van der Waals surface area contributed by atoms with Gasteiger partial charge in [0.05, 0.1) is 17.4 Å². The molecule has 7 nitrogen and oxygen atoms in total. The van der Waals surface area contributed by atoms with E-state index in [0.29, 0.717) is 29.6 Å². The molecule has 1 fully saturated rings. The van der Waals surface area contributed by atoms with Gasteiger partial charge in [0.1, 0.15) is 10.6 Å². The number of hydrogen-bond donors (Lipinski definition) is 1. The van der Waals surface area contributed by atoms with Crippen molar-refractivity contribution in [2.24, 2.45) is 0 Å². The van der Waals surface area contributed by atoms with E-state index in [9.17, 15) is 13.2 Å². The van der Waals surface area contributed by atoms with Crippen LogP contribution in [-0.2, 0) is 14.8 Å². The second-order valence-electron chi connectivity index (χ2n) is 6.42. The molecule has 2 aromatic rings. The van der Waals surface area contributed by atoms with Crippen LogP contribution in [0, 0.1) is 0 Å². The van der Waals surface area contributed by atoms with Crippen molar-refractivity contribution in [3.8, 4) is 5.75 Å². The van der Waals surface area contributed by atoms with Gasteiger partial charge in [0.25, 0.3) is 0 Å². The minimum Gasteiger partial charge on any atom is -0.497 e. The summed E-state index contributed by atoms with van der Waals surface area (Å²) in [4.78, 5) is 16.8. The molecule has 1 amide bonds. The average molecular weight is 422 g/mol. The van der Waals surface area contributed by atoms with E-state index in [1.807, 2.05) is 0 Å². The molecular weight excluding hydrogens is 398 g/mol. The van der Waals surface area contributed by atoms with Crippen molar-refractivity contribution in [2.75, 3.05) is 25.5 Å². The van der Waals surface area contributed by atoms with E-state index in [1.54, 1.807) is 50.4 Å². The highest BCUT2D eigenvalue weighted by molar-refractivity contribution is 8.00. The number of anilines is 1. The van der Waals surface area contributed by atoms with Crippen molar-refractivity contribution < 1.29 is 17.9 Å². The molecule has 1 aromatic carbocycles. The number of hydrogen-bond acceptors (Lipinski definition) is 6. The number of sulfonamides is 1. The van der Waals surface area contributed by atoms with Gasteiger partial charge in [0.15, 0.2) is 0 Å². The summed E-state index contributed by atoms with van der Waals surface area (Å²) in [5.41, 5.74) is 0.679. The van der Waals surface area contributed by atoms with Crippen LogP contribution in [0.4, 0.5) is 5.69 Å². The molecule has 150 valence electrons. The standard InChI is InChI=1S/C19H23N3O4S2/c1-14(19(23)21-15-5-7-16(26-2)8-6-15)27-18-10-9-17(13-20-18)28(24,25)22-11-3-4-12-22/h5-10,13-14H,3-4,11-12H2,1-2H3,(H,21,23). The van der Waals surface area contributed by atoms with Gasteiger partial charge in [-0.1, -0.05) is 11.8 Å². The number of amides is 1. The third-order valence-corrected chi connectivity index (χ3v) is 7.37. The summed E-state index contributed by atoms with van der Waals surface area (Å²) in [7, 11) is -1.89. The van der Waals surface area contributed by atoms with Crippen LogP contribution in [0.3, 0.4) is 0 Å². The molecule has 28 heavy (non-hydrogen) atoms. The Morgan fingerprint density at radius 3 is 2.43 bits per heavy atom. The van der Waals surface area contributed by atoms with Gasteiger partial charge < -0.3 is 10.1 Å². The highest BCUT2D eigenvalue weighted by Crippen LogP contribution is 2.25. The molecule has 1 unspecified atom stereocenters. The molecule has 2 heterocycles. The lowest BCUT2D eigenvalue weighted by molar-refractivity contribution is -0.115. The number of aromatic nitrogens is 1. The quantitative estimate of drug-likeness (QED) is 0.692. The Bertz CT molecular complexity index is 909. The lowest BCUT2D eigenvalue weighted by Gasteiger charge is -2.15. The Hall–Kier alpha value is -2.10. The molecule has 0 bridgehead atoms. The van der Waals surface area contributed by atoms with Crippen LogP contribution in [0.25, 0.3) is 0 Å². The van der Waals surface area contributed by atoms with Gasteiger partial charge in [-0.2, -0.15) is 4.31 Å². The first-order chi connectivity index (χ1) is 13.4. The lowest BCUT2D eigenvalue weighted by atomic mass is 10.3. The second kappa shape index (κ2) is 8.93. The van der Waals surface area contributed by atoms with E-state index in [1.165, 1.54) is 22.3 Å². The third kappa shape index (κ3) is 4.84. The Labute approximate surface area is 169 Å². The van der Waals surface area contributed by atoms with Gasteiger partial charge in [-0.25, -0.2) is 13.4 Å². The average Bonchev–Trinajstić information content (AvgIpc) is 3.25. The monoisotopic (exact) mass is 421 g/mol. The van der Waals surface area contributed by atoms with Gasteiger partial charge in [-0.3, -0.25) is 4.79 Å². The molecule has 9 heteroatoms. The summed E-state index contributed by atoms with van der Waals surface area (Å²) in [6.45, 7) is 2.89. The maximum Gasteiger partial charge on any atom is 0.244 e. The van der Waals surface area contributed by atoms with Gasteiger partial charge in [0.2, 0.25) is 15.9 Å². The smallest absolute Gasteiger partial charge is 0.244 e. The molecule has 1 aliphatic heterocycles. The van der Waals surface area contributed by atoms with Crippen LogP contribution in [-0.4, -0.2) is 49.1 Å². The molecule has 1 atom stereocenters. The fraction of sp³-hybridized carbons (Fsp3) is 0.368. The number of benzene rings is 1. The van der Waals surface area contributed by atoms with E-state index >= 15 is 0 Å². The minimum absolute atomic E-state index is 0.161. The summed E-state index contributed by atoms with van der Waals surface area (Å²) >= 11 is 1.27. The molecule has 0 saturated carbocycles. The highest BCUT2D eigenvalue weighted by Gasteiger charge is 2.27. The van der Waals surface area contributed by atoms with Crippen molar-refractivity contribution >= 4 is 33.4 Å². The van der Waals surface area contributed by atoms with Crippen LogP contribution in [0.15, 0.2) is 52.5 Å². The SMILES string of the molecule is COc1ccc(NC(=O)C(C)Sc2ccc(S(=O)(=O)N3CCCC3)cn2)cc1. The minimum atomic E-state index is -3.47. The Morgan fingerprint density at radius 2 is 1.86 bits per heavy atom. The normalized spacial score (nSPS) is 15.9. The van der Waals surface area contributed by atoms with Crippen molar-refractivity contribution in [3.63, 3.8) is 0 Å². The van der Waals surface area contributed by atoms with Crippen molar-refractivity contribution in [1.82, 2.24) is 9.29 Å². The zero-order chi connectivity index (χ0) is 20.1. The van der Waals surface area contributed by atoms with Crippen LogP contribution >= 0.6 is 11.8 Å². The maximum atomic E-state index is 12.5. The molecule has 3 rings (SSSR count).